The summed E-state index contributed by atoms with van der Waals surface area (Å²) < 4.78 is 68.4. The Morgan fingerprint density at radius 2 is 0.602 bits per heavy atom. The Hall–Kier alpha value is -2.46. The minimum absolute atomic E-state index is 0.0855. The van der Waals surface area contributed by atoms with E-state index in [9.17, 15) is 43.2 Å². The fraction of sp³-hybridized carbons (Fsp3) is 0.892. The lowest BCUT2D eigenvalue weighted by Crippen LogP contribution is -2.30. The van der Waals surface area contributed by atoms with Gasteiger partial charge in [-0.05, 0) is 57.3 Å². The Morgan fingerprint density at radius 1 is 0.344 bits per heavy atom. The molecule has 0 aromatic carbocycles. The van der Waals surface area contributed by atoms with Crippen LogP contribution in [0, 0.1) is 5.92 Å². The molecule has 0 saturated carbocycles. The number of phosphoric ester groups is 2. The molecule has 0 bridgehead atoms. The molecule has 0 aliphatic rings. The van der Waals surface area contributed by atoms with E-state index in [1.54, 1.807) is 0 Å². The number of hydrogen-bond donors (Lipinski definition) is 3. The Kier molecular flexibility index (Phi) is 65.0. The van der Waals surface area contributed by atoms with Gasteiger partial charge in [0.25, 0.3) is 0 Å². The van der Waals surface area contributed by atoms with Crippen LogP contribution in [0.25, 0.3) is 0 Å². The number of aliphatic hydroxyl groups is 1. The van der Waals surface area contributed by atoms with Crippen molar-refractivity contribution in [2.24, 2.45) is 5.92 Å². The summed E-state index contributed by atoms with van der Waals surface area (Å²) >= 11 is 0. The van der Waals surface area contributed by atoms with Gasteiger partial charge >= 0.3 is 39.5 Å². The predicted octanol–water partition coefficient (Wildman–Crippen LogP) is 21.2. The molecule has 0 aromatic rings. The van der Waals surface area contributed by atoms with Crippen molar-refractivity contribution in [2.45, 2.75) is 380 Å². The fourth-order valence-corrected chi connectivity index (χ4v) is 12.4. The molecule has 0 saturated heterocycles. The van der Waals surface area contributed by atoms with E-state index in [4.69, 9.17) is 37.0 Å². The predicted molar refractivity (Wildman–Crippen MR) is 377 cm³/mol. The summed E-state index contributed by atoms with van der Waals surface area (Å²) in [4.78, 5) is 72.7. The first-order valence-electron chi connectivity index (χ1n) is 38.0. The van der Waals surface area contributed by atoms with E-state index in [-0.39, 0.29) is 25.7 Å². The molecule has 0 aliphatic heterocycles. The maximum absolute atomic E-state index is 13.1. The summed E-state index contributed by atoms with van der Waals surface area (Å²) in [6.07, 6.45) is 57.6. The zero-order chi connectivity index (χ0) is 68.4. The quantitative estimate of drug-likeness (QED) is 0.0169. The highest BCUT2D eigenvalue weighted by molar-refractivity contribution is 7.47. The number of aliphatic hydroxyl groups excluding tert-OH is 1. The van der Waals surface area contributed by atoms with Gasteiger partial charge in [0.1, 0.15) is 19.3 Å². The smallest absolute Gasteiger partial charge is 0.462 e. The van der Waals surface area contributed by atoms with E-state index in [1.165, 1.54) is 167 Å². The van der Waals surface area contributed by atoms with Crippen molar-refractivity contribution in [1.82, 2.24) is 0 Å². The van der Waals surface area contributed by atoms with Gasteiger partial charge in [-0.25, -0.2) is 9.13 Å². The fourth-order valence-electron chi connectivity index (χ4n) is 10.8. The molecule has 93 heavy (non-hydrogen) atoms. The van der Waals surface area contributed by atoms with Crippen LogP contribution in [0.1, 0.15) is 362 Å². The number of phosphoric acid groups is 2. The lowest BCUT2D eigenvalue weighted by atomic mass is 10.00. The minimum atomic E-state index is -4.96. The third-order valence-corrected chi connectivity index (χ3v) is 18.9. The topological polar surface area (TPSA) is 237 Å². The monoisotopic (exact) mass is 1360 g/mol. The third kappa shape index (κ3) is 66.6. The average molecular weight is 1360 g/mol. The number of esters is 4. The van der Waals surface area contributed by atoms with Gasteiger partial charge in [-0.15, -0.1) is 0 Å². The van der Waals surface area contributed by atoms with Gasteiger partial charge in [-0.3, -0.25) is 37.3 Å². The van der Waals surface area contributed by atoms with E-state index in [2.05, 4.69) is 58.9 Å². The van der Waals surface area contributed by atoms with Gasteiger partial charge in [0.2, 0.25) is 0 Å². The first-order chi connectivity index (χ1) is 45.1. The third-order valence-electron chi connectivity index (χ3n) is 17.0. The molecule has 0 amide bonds. The second-order valence-corrected chi connectivity index (χ2v) is 29.1. The molecule has 6 atom stereocenters. The molecule has 0 aromatic heterocycles. The van der Waals surface area contributed by atoms with Crippen molar-refractivity contribution in [1.29, 1.82) is 0 Å². The molecule has 0 rings (SSSR count). The Morgan fingerprint density at radius 3 is 0.914 bits per heavy atom. The number of allylic oxidation sites excluding steroid dienone is 4. The second kappa shape index (κ2) is 66.8. The average Bonchev–Trinajstić information content (AvgIpc) is 3.74. The van der Waals surface area contributed by atoms with Crippen LogP contribution in [0.3, 0.4) is 0 Å². The lowest BCUT2D eigenvalue weighted by Gasteiger charge is -2.21. The van der Waals surface area contributed by atoms with Gasteiger partial charge in [-0.1, -0.05) is 309 Å². The molecule has 3 N–H and O–H groups in total. The Bertz CT molecular complexity index is 1880. The van der Waals surface area contributed by atoms with Crippen LogP contribution in [-0.4, -0.2) is 96.7 Å². The van der Waals surface area contributed by atoms with Crippen LogP contribution < -0.4 is 0 Å². The van der Waals surface area contributed by atoms with E-state index in [0.29, 0.717) is 25.7 Å². The maximum atomic E-state index is 13.1. The lowest BCUT2D eigenvalue weighted by molar-refractivity contribution is -0.161. The standard InChI is InChI=1S/C74H140O17P2/c1-6-10-13-16-19-22-25-28-31-34-37-40-43-50-55-60-73(78)90-69(63-84-71(76)57-52-47-41-38-35-32-29-26-23-20-17-14-11-7-2)65-88-92(80,81)86-61-68(75)62-87-93(82,83)89-66-70(64-85-72(77)58-53-48-45-44-46-51-56-67(5)9-4)91-74(79)59-54-49-42-39-36-33-30-27-24-21-18-15-12-8-3/h22,25,28,31,67-70,75H,6-21,23-24,26-27,29-30,32-66H2,1-5H3,(H,80,81)(H,82,83)/b25-22-,31-28-/t67?,68-,69-,70-/m1/s1. The number of ether oxygens (including phenoxy) is 4. The zero-order valence-electron chi connectivity index (χ0n) is 59.9. The largest absolute Gasteiger partial charge is 0.472 e. The van der Waals surface area contributed by atoms with Crippen LogP contribution in [0.15, 0.2) is 24.3 Å². The van der Waals surface area contributed by atoms with Crippen molar-refractivity contribution in [3.8, 4) is 0 Å². The molecule has 548 valence electrons. The van der Waals surface area contributed by atoms with Gasteiger partial charge < -0.3 is 33.8 Å². The zero-order valence-corrected chi connectivity index (χ0v) is 61.7. The highest BCUT2D eigenvalue weighted by Gasteiger charge is 2.30. The summed E-state index contributed by atoms with van der Waals surface area (Å²) in [5.41, 5.74) is 0. The van der Waals surface area contributed by atoms with Crippen LogP contribution in [0.4, 0.5) is 0 Å². The number of unbranched alkanes of at least 4 members (excludes halogenated alkanes) is 40. The highest BCUT2D eigenvalue weighted by Crippen LogP contribution is 2.45. The molecular weight excluding hydrogens is 1220 g/mol. The van der Waals surface area contributed by atoms with Crippen molar-refractivity contribution in [3.05, 3.63) is 24.3 Å². The Balaban J connectivity index is 5.29. The molecule has 17 nitrogen and oxygen atoms in total. The molecule has 0 spiro atoms. The van der Waals surface area contributed by atoms with E-state index in [0.717, 1.165) is 115 Å². The van der Waals surface area contributed by atoms with Crippen molar-refractivity contribution in [3.63, 3.8) is 0 Å². The molecule has 0 radical (unpaired) electrons. The van der Waals surface area contributed by atoms with E-state index < -0.39 is 97.5 Å². The second-order valence-electron chi connectivity index (χ2n) is 26.2. The Labute approximate surface area is 567 Å². The minimum Gasteiger partial charge on any atom is -0.462 e. The molecule has 0 aliphatic carbocycles. The van der Waals surface area contributed by atoms with Crippen molar-refractivity contribution >= 4 is 39.5 Å². The van der Waals surface area contributed by atoms with Crippen molar-refractivity contribution < 1.29 is 80.2 Å². The molecule has 19 heteroatoms. The summed E-state index contributed by atoms with van der Waals surface area (Å²) in [5.74, 6) is -1.42. The first kappa shape index (κ1) is 90.5. The normalized spacial score (nSPS) is 14.5. The summed E-state index contributed by atoms with van der Waals surface area (Å²) in [7, 11) is -9.92. The van der Waals surface area contributed by atoms with Gasteiger partial charge in [0, 0.05) is 25.7 Å². The number of hydrogen-bond acceptors (Lipinski definition) is 15. The molecule has 0 fully saturated rings. The summed E-state index contributed by atoms with van der Waals surface area (Å²) in [5, 5.41) is 10.6. The van der Waals surface area contributed by atoms with Crippen LogP contribution >= 0.6 is 15.6 Å². The van der Waals surface area contributed by atoms with Gasteiger partial charge in [0.05, 0.1) is 26.4 Å². The number of carbonyl (C=O) groups excluding carboxylic acids is 4. The summed E-state index contributed by atoms with van der Waals surface area (Å²) in [6, 6.07) is 0. The van der Waals surface area contributed by atoms with Crippen LogP contribution in [0.5, 0.6) is 0 Å². The SMILES string of the molecule is CCCCCC/C=C\C=C/CCCCCCCC(=O)O[C@H](COC(=O)CCCCCCCCCCCCCCCC)COP(=O)(O)OC[C@@H](O)COP(=O)(O)OC[C@@H](COC(=O)CCCCCCCCC(C)CC)OC(=O)CCCCCCCCCCCCCCCC. The van der Waals surface area contributed by atoms with Crippen LogP contribution in [-0.2, 0) is 65.4 Å². The number of carbonyl (C=O) groups is 4. The van der Waals surface area contributed by atoms with Crippen LogP contribution in [0.2, 0.25) is 0 Å². The molecule has 3 unspecified atom stereocenters. The summed E-state index contributed by atoms with van der Waals surface area (Å²) in [6.45, 7) is 7.18. The van der Waals surface area contributed by atoms with Gasteiger partial charge in [-0.2, -0.15) is 0 Å². The maximum Gasteiger partial charge on any atom is 0.472 e. The van der Waals surface area contributed by atoms with Gasteiger partial charge in [0.15, 0.2) is 12.2 Å². The molecular formula is C74H140O17P2. The van der Waals surface area contributed by atoms with E-state index in [1.807, 2.05) is 0 Å². The van der Waals surface area contributed by atoms with E-state index >= 15 is 0 Å². The number of rotatable bonds is 72. The molecule has 0 heterocycles. The first-order valence-corrected chi connectivity index (χ1v) is 41.0. The highest BCUT2D eigenvalue weighted by atomic mass is 31.2. The van der Waals surface area contributed by atoms with Crippen molar-refractivity contribution in [2.75, 3.05) is 39.6 Å².